The van der Waals surface area contributed by atoms with Crippen molar-refractivity contribution in [2.75, 3.05) is 52.5 Å². The Morgan fingerprint density at radius 2 is 1.77 bits per heavy atom. The Kier molecular flexibility index (Phi) is 6.23. The molecule has 0 aromatic heterocycles. The summed E-state index contributed by atoms with van der Waals surface area (Å²) in [6.07, 6.45) is 0. The standard InChI is InChI=1S/C15H20F2N2O3/c16-12-2-1-3-13(17)14(12)15(21)19-6-4-18(5-7-19)8-10-22-11-9-20/h1-3,20H,4-11H2. The molecule has 1 aliphatic heterocycles. The van der Waals surface area contributed by atoms with Gasteiger partial charge in [0.25, 0.3) is 5.91 Å². The summed E-state index contributed by atoms with van der Waals surface area (Å²) in [5, 5.41) is 8.61. The molecule has 1 saturated heterocycles. The van der Waals surface area contributed by atoms with Crippen LogP contribution in [0.5, 0.6) is 0 Å². The number of amides is 1. The fourth-order valence-electron chi connectivity index (χ4n) is 2.40. The quantitative estimate of drug-likeness (QED) is 0.787. The molecule has 0 bridgehead atoms. The van der Waals surface area contributed by atoms with Crippen LogP contribution in [0.1, 0.15) is 10.4 Å². The zero-order chi connectivity index (χ0) is 15.9. The maximum absolute atomic E-state index is 13.6. The van der Waals surface area contributed by atoms with Gasteiger partial charge in [0.2, 0.25) is 0 Å². The zero-order valence-electron chi connectivity index (χ0n) is 12.3. The fraction of sp³-hybridized carbons (Fsp3) is 0.533. The SMILES string of the molecule is O=C(c1c(F)cccc1F)N1CCN(CCOCCO)CC1. The van der Waals surface area contributed by atoms with E-state index in [1.54, 1.807) is 0 Å². The Morgan fingerprint density at radius 3 is 2.36 bits per heavy atom. The zero-order valence-corrected chi connectivity index (χ0v) is 12.3. The number of nitrogens with zero attached hydrogens (tertiary/aromatic N) is 2. The molecular formula is C15H20F2N2O3. The number of hydrogen-bond acceptors (Lipinski definition) is 4. The van der Waals surface area contributed by atoms with Crippen molar-refractivity contribution in [3.05, 3.63) is 35.4 Å². The van der Waals surface area contributed by atoms with Gasteiger partial charge in [-0.25, -0.2) is 8.78 Å². The van der Waals surface area contributed by atoms with Crippen LogP contribution in [0.25, 0.3) is 0 Å². The van der Waals surface area contributed by atoms with E-state index in [1.165, 1.54) is 11.0 Å². The number of aliphatic hydroxyl groups is 1. The Balaban J connectivity index is 1.85. The second kappa shape index (κ2) is 8.17. The Bertz CT molecular complexity index is 485. The van der Waals surface area contributed by atoms with Gasteiger partial charge in [-0.2, -0.15) is 0 Å². The number of benzene rings is 1. The molecule has 1 heterocycles. The summed E-state index contributed by atoms with van der Waals surface area (Å²) in [4.78, 5) is 15.8. The molecule has 22 heavy (non-hydrogen) atoms. The molecule has 0 spiro atoms. The van der Waals surface area contributed by atoms with Gasteiger partial charge in [-0.15, -0.1) is 0 Å². The van der Waals surface area contributed by atoms with Crippen LogP contribution in [0.2, 0.25) is 0 Å². The normalized spacial score (nSPS) is 16.0. The van der Waals surface area contributed by atoms with Crippen LogP contribution in [0.4, 0.5) is 8.78 Å². The maximum Gasteiger partial charge on any atom is 0.259 e. The number of aliphatic hydroxyl groups excluding tert-OH is 1. The molecule has 0 atom stereocenters. The molecule has 0 unspecified atom stereocenters. The van der Waals surface area contributed by atoms with Gasteiger partial charge >= 0.3 is 0 Å². The second-order valence-corrected chi connectivity index (χ2v) is 5.07. The van der Waals surface area contributed by atoms with Crippen molar-refractivity contribution >= 4 is 5.91 Å². The molecule has 7 heteroatoms. The lowest BCUT2D eigenvalue weighted by molar-refractivity contribution is 0.0481. The van der Waals surface area contributed by atoms with Crippen LogP contribution in [-0.2, 0) is 4.74 Å². The summed E-state index contributed by atoms with van der Waals surface area (Å²) in [5.41, 5.74) is -0.484. The van der Waals surface area contributed by atoms with E-state index in [9.17, 15) is 13.6 Å². The first-order chi connectivity index (χ1) is 10.6. The minimum absolute atomic E-state index is 0.00349. The highest BCUT2D eigenvalue weighted by Gasteiger charge is 2.26. The molecule has 1 aromatic carbocycles. The smallest absolute Gasteiger partial charge is 0.259 e. The minimum atomic E-state index is -0.829. The molecule has 1 aromatic rings. The highest BCUT2D eigenvalue weighted by molar-refractivity contribution is 5.94. The van der Waals surface area contributed by atoms with Gasteiger partial charge in [0.05, 0.1) is 19.8 Å². The number of rotatable bonds is 6. The van der Waals surface area contributed by atoms with E-state index < -0.39 is 23.1 Å². The minimum Gasteiger partial charge on any atom is -0.394 e. The van der Waals surface area contributed by atoms with E-state index in [4.69, 9.17) is 9.84 Å². The summed E-state index contributed by atoms with van der Waals surface area (Å²) in [5.74, 6) is -2.26. The van der Waals surface area contributed by atoms with Crippen LogP contribution >= 0.6 is 0 Å². The maximum atomic E-state index is 13.6. The molecule has 5 nitrogen and oxygen atoms in total. The van der Waals surface area contributed by atoms with Crippen LogP contribution < -0.4 is 0 Å². The Labute approximate surface area is 128 Å². The summed E-state index contributed by atoms with van der Waals surface area (Å²) < 4.78 is 32.5. The summed E-state index contributed by atoms with van der Waals surface area (Å²) >= 11 is 0. The van der Waals surface area contributed by atoms with Crippen molar-refractivity contribution in [3.63, 3.8) is 0 Å². The number of ether oxygens (including phenoxy) is 1. The topological polar surface area (TPSA) is 53.0 Å². The van der Waals surface area contributed by atoms with Gasteiger partial charge < -0.3 is 14.7 Å². The summed E-state index contributed by atoms with van der Waals surface area (Å²) in [7, 11) is 0. The van der Waals surface area contributed by atoms with E-state index >= 15 is 0 Å². The lowest BCUT2D eigenvalue weighted by atomic mass is 10.1. The number of halogens is 2. The third kappa shape index (κ3) is 4.22. The van der Waals surface area contributed by atoms with Gasteiger partial charge in [0.15, 0.2) is 0 Å². The lowest BCUT2D eigenvalue weighted by Crippen LogP contribution is -2.49. The van der Waals surface area contributed by atoms with Crippen molar-refractivity contribution in [2.45, 2.75) is 0 Å². The van der Waals surface area contributed by atoms with Crippen molar-refractivity contribution in [1.29, 1.82) is 0 Å². The third-order valence-electron chi connectivity index (χ3n) is 3.62. The van der Waals surface area contributed by atoms with Crippen LogP contribution in [-0.4, -0.2) is 73.4 Å². The predicted octanol–water partition coefficient (Wildman–Crippen LogP) is 0.732. The molecule has 2 rings (SSSR count). The highest BCUT2D eigenvalue weighted by Crippen LogP contribution is 2.16. The first-order valence-corrected chi connectivity index (χ1v) is 7.27. The number of piperazine rings is 1. The average molecular weight is 314 g/mol. The van der Waals surface area contributed by atoms with E-state index in [-0.39, 0.29) is 6.61 Å². The predicted molar refractivity (Wildman–Crippen MR) is 76.6 cm³/mol. The average Bonchev–Trinajstić information content (AvgIpc) is 2.52. The molecule has 122 valence electrons. The lowest BCUT2D eigenvalue weighted by Gasteiger charge is -2.34. The van der Waals surface area contributed by atoms with Crippen LogP contribution in [0, 0.1) is 11.6 Å². The van der Waals surface area contributed by atoms with Crippen LogP contribution in [0.3, 0.4) is 0 Å². The van der Waals surface area contributed by atoms with Gasteiger partial charge in [0.1, 0.15) is 17.2 Å². The van der Waals surface area contributed by atoms with E-state index in [0.29, 0.717) is 45.9 Å². The number of carbonyl (C=O) groups excluding carboxylic acids is 1. The molecular weight excluding hydrogens is 294 g/mol. The Morgan fingerprint density at radius 1 is 1.14 bits per heavy atom. The monoisotopic (exact) mass is 314 g/mol. The van der Waals surface area contributed by atoms with E-state index in [1.807, 2.05) is 0 Å². The summed E-state index contributed by atoms with van der Waals surface area (Å²) in [6.45, 7) is 3.63. The van der Waals surface area contributed by atoms with E-state index in [0.717, 1.165) is 12.1 Å². The van der Waals surface area contributed by atoms with Gasteiger partial charge in [-0.1, -0.05) is 6.07 Å². The molecule has 0 saturated carbocycles. The van der Waals surface area contributed by atoms with E-state index in [2.05, 4.69) is 4.90 Å². The van der Waals surface area contributed by atoms with Gasteiger partial charge in [-0.3, -0.25) is 9.69 Å². The van der Waals surface area contributed by atoms with Gasteiger partial charge in [0, 0.05) is 32.7 Å². The number of carbonyl (C=O) groups is 1. The highest BCUT2D eigenvalue weighted by atomic mass is 19.1. The van der Waals surface area contributed by atoms with Gasteiger partial charge in [-0.05, 0) is 12.1 Å². The fourth-order valence-corrected chi connectivity index (χ4v) is 2.40. The molecule has 1 N–H and O–H groups in total. The molecule has 0 aliphatic carbocycles. The largest absolute Gasteiger partial charge is 0.394 e. The Hall–Kier alpha value is -1.57. The molecule has 0 radical (unpaired) electrons. The first-order valence-electron chi connectivity index (χ1n) is 7.27. The first kappa shape index (κ1) is 16.8. The summed E-state index contributed by atoms with van der Waals surface area (Å²) in [6, 6.07) is 3.42. The van der Waals surface area contributed by atoms with Crippen LogP contribution in [0.15, 0.2) is 18.2 Å². The molecule has 1 amide bonds. The van der Waals surface area contributed by atoms with Crippen molar-refractivity contribution in [2.24, 2.45) is 0 Å². The molecule has 1 fully saturated rings. The van der Waals surface area contributed by atoms with Crippen molar-refractivity contribution in [3.8, 4) is 0 Å². The van der Waals surface area contributed by atoms with Crippen molar-refractivity contribution in [1.82, 2.24) is 9.80 Å². The second-order valence-electron chi connectivity index (χ2n) is 5.07. The van der Waals surface area contributed by atoms with Crippen molar-refractivity contribution < 1.29 is 23.4 Å². The molecule has 1 aliphatic rings. The number of hydrogen-bond donors (Lipinski definition) is 1. The third-order valence-corrected chi connectivity index (χ3v) is 3.62.